The van der Waals surface area contributed by atoms with Crippen molar-refractivity contribution in [1.29, 1.82) is 0 Å². The minimum absolute atomic E-state index is 0.797. The molecule has 1 aliphatic heterocycles. The van der Waals surface area contributed by atoms with Crippen LogP contribution in [-0.2, 0) is 0 Å². The van der Waals surface area contributed by atoms with Crippen molar-refractivity contribution in [3.63, 3.8) is 0 Å². The molecule has 0 unspecified atom stereocenters. The highest BCUT2D eigenvalue weighted by molar-refractivity contribution is 7.04. The highest BCUT2D eigenvalue weighted by Gasteiger charge is 2.39. The summed E-state index contributed by atoms with van der Waals surface area (Å²) in [4.78, 5) is 0. The maximum absolute atomic E-state index is 6.32. The van der Waals surface area contributed by atoms with E-state index < -0.39 is 8.07 Å². The number of hydrogen-bond donors (Lipinski definition) is 0. The third-order valence-electron chi connectivity index (χ3n) is 5.14. The first-order valence-electron chi connectivity index (χ1n) is 7.82. The van der Waals surface area contributed by atoms with Gasteiger partial charge in [-0.25, -0.2) is 0 Å². The number of hydrogen-bond acceptors (Lipinski definition) is 1. The minimum Gasteiger partial charge on any atom is -0.456 e. The maximum Gasteiger partial charge on any atom is 0.136 e. The van der Waals surface area contributed by atoms with E-state index in [9.17, 15) is 0 Å². The van der Waals surface area contributed by atoms with Crippen LogP contribution in [0.5, 0.6) is 0 Å². The van der Waals surface area contributed by atoms with E-state index in [4.69, 9.17) is 16.0 Å². The van der Waals surface area contributed by atoms with Crippen molar-refractivity contribution in [1.82, 2.24) is 0 Å². The van der Waals surface area contributed by atoms with Crippen molar-refractivity contribution < 1.29 is 4.42 Å². The molecule has 0 fully saturated rings. The Hall–Kier alpha value is -2.03. The molecule has 1 nitrogen and oxygen atoms in total. The molecule has 0 atom stereocenters. The fourth-order valence-corrected chi connectivity index (χ4v) is 7.25. The number of benzene rings is 3. The topological polar surface area (TPSA) is 13.1 Å². The number of furan rings is 1. The molecule has 0 radical (unpaired) electrons. The maximum atomic E-state index is 6.32. The normalized spacial score (nSPS) is 15.1. The largest absolute Gasteiger partial charge is 0.456 e. The first-order valence-corrected chi connectivity index (χ1v) is 11.2. The molecule has 112 valence electrons. The zero-order chi connectivity index (χ0) is 15.8. The summed E-state index contributed by atoms with van der Waals surface area (Å²) in [7, 11) is -1.68. The summed E-state index contributed by atoms with van der Waals surface area (Å²) in [6, 6.07) is 19.1. The van der Waals surface area contributed by atoms with Gasteiger partial charge in [-0.3, -0.25) is 0 Å². The molecule has 3 heteroatoms. The monoisotopic (exact) mass is 334 g/mol. The fourth-order valence-electron chi connectivity index (χ4n) is 4.03. The molecule has 23 heavy (non-hydrogen) atoms. The molecule has 1 aliphatic rings. The third-order valence-corrected chi connectivity index (χ3v) is 8.92. The number of rotatable bonds is 0. The molecule has 0 bridgehead atoms. The average molecular weight is 335 g/mol. The minimum atomic E-state index is -1.68. The second-order valence-electron chi connectivity index (χ2n) is 6.77. The predicted octanol–water partition coefficient (Wildman–Crippen LogP) is 5.04. The summed E-state index contributed by atoms with van der Waals surface area (Å²) in [5.41, 5.74) is 4.54. The van der Waals surface area contributed by atoms with Gasteiger partial charge in [-0.2, -0.15) is 0 Å². The lowest BCUT2D eigenvalue weighted by Gasteiger charge is -2.18. The molecule has 0 spiro atoms. The van der Waals surface area contributed by atoms with Crippen LogP contribution in [-0.4, -0.2) is 8.07 Å². The predicted molar refractivity (Wildman–Crippen MR) is 101 cm³/mol. The molecular formula is C20H15ClOSi. The molecule has 2 heterocycles. The summed E-state index contributed by atoms with van der Waals surface area (Å²) in [6.07, 6.45) is 0. The standard InChI is InChI=1S/C20H15ClOSi/c1-23(2)17-9-7-12(21)11-14(17)20-18(23)10-8-16-19(20)13-5-3-4-6-15(13)22-16/h3-11H,1-2H3. The van der Waals surface area contributed by atoms with Gasteiger partial charge in [-0.05, 0) is 45.8 Å². The van der Waals surface area contributed by atoms with E-state index in [0.29, 0.717) is 0 Å². The molecule has 5 rings (SSSR count). The van der Waals surface area contributed by atoms with Gasteiger partial charge in [0.05, 0.1) is 0 Å². The summed E-state index contributed by atoms with van der Waals surface area (Å²) in [6.45, 7) is 4.83. The van der Waals surface area contributed by atoms with E-state index in [1.54, 1.807) is 0 Å². The third kappa shape index (κ3) is 1.63. The summed E-state index contributed by atoms with van der Waals surface area (Å²) in [5, 5.41) is 6.17. The van der Waals surface area contributed by atoms with Crippen LogP contribution in [0.3, 0.4) is 0 Å². The van der Waals surface area contributed by atoms with Gasteiger partial charge in [0.1, 0.15) is 19.2 Å². The van der Waals surface area contributed by atoms with Gasteiger partial charge in [0.25, 0.3) is 0 Å². The summed E-state index contributed by atoms with van der Waals surface area (Å²) in [5.74, 6) is 0. The Morgan fingerprint density at radius 3 is 2.52 bits per heavy atom. The SMILES string of the molecule is C[Si]1(C)c2ccc(Cl)cc2-c2c1ccc1oc3ccccc3c21. The Balaban J connectivity index is 2.04. The average Bonchev–Trinajstić information content (AvgIpc) is 3.01. The second kappa shape index (κ2) is 4.28. The van der Waals surface area contributed by atoms with Crippen molar-refractivity contribution >= 4 is 52.0 Å². The van der Waals surface area contributed by atoms with Crippen LogP contribution in [0.15, 0.2) is 59.0 Å². The van der Waals surface area contributed by atoms with Crippen LogP contribution in [0.25, 0.3) is 33.1 Å². The first-order chi connectivity index (χ1) is 11.1. The molecule has 0 amide bonds. The Morgan fingerprint density at radius 2 is 1.65 bits per heavy atom. The molecule has 4 aromatic rings. The van der Waals surface area contributed by atoms with Gasteiger partial charge >= 0.3 is 0 Å². The van der Waals surface area contributed by atoms with Crippen molar-refractivity contribution in [2.24, 2.45) is 0 Å². The van der Waals surface area contributed by atoms with Gasteiger partial charge < -0.3 is 4.42 Å². The Bertz CT molecular complexity index is 1110. The lowest BCUT2D eigenvalue weighted by molar-refractivity contribution is 0.669. The van der Waals surface area contributed by atoms with E-state index in [2.05, 4.69) is 49.5 Å². The molecule has 1 aromatic heterocycles. The number of fused-ring (bicyclic) bond motifs is 7. The highest BCUT2D eigenvalue weighted by Crippen LogP contribution is 2.40. The lowest BCUT2D eigenvalue weighted by atomic mass is 9.99. The van der Waals surface area contributed by atoms with Gasteiger partial charge in [0, 0.05) is 15.8 Å². The van der Waals surface area contributed by atoms with Crippen molar-refractivity contribution in [3.05, 3.63) is 59.6 Å². The Labute approximate surface area is 140 Å². The van der Waals surface area contributed by atoms with Crippen LogP contribution in [0.1, 0.15) is 0 Å². The second-order valence-corrected chi connectivity index (χ2v) is 11.5. The summed E-state index contributed by atoms with van der Waals surface area (Å²) >= 11 is 6.32. The molecule has 0 aliphatic carbocycles. The van der Waals surface area contributed by atoms with Crippen molar-refractivity contribution in [2.75, 3.05) is 0 Å². The molecule has 3 aromatic carbocycles. The van der Waals surface area contributed by atoms with Gasteiger partial charge in [-0.1, -0.05) is 55.0 Å². The quantitative estimate of drug-likeness (QED) is 0.410. The van der Waals surface area contributed by atoms with E-state index >= 15 is 0 Å². The van der Waals surface area contributed by atoms with Gasteiger partial charge in [0.2, 0.25) is 0 Å². The molecule has 0 saturated heterocycles. The van der Waals surface area contributed by atoms with Gasteiger partial charge in [-0.15, -0.1) is 0 Å². The zero-order valence-corrected chi connectivity index (χ0v) is 14.7. The van der Waals surface area contributed by atoms with Crippen molar-refractivity contribution in [2.45, 2.75) is 13.1 Å². The van der Waals surface area contributed by atoms with E-state index in [0.717, 1.165) is 16.2 Å². The van der Waals surface area contributed by atoms with E-state index in [1.807, 2.05) is 18.2 Å². The molecule has 0 N–H and O–H groups in total. The van der Waals surface area contributed by atoms with Gasteiger partial charge in [0.15, 0.2) is 0 Å². The van der Waals surface area contributed by atoms with Crippen LogP contribution >= 0.6 is 11.6 Å². The molecular weight excluding hydrogens is 320 g/mol. The fraction of sp³-hybridized carbons (Fsp3) is 0.100. The lowest BCUT2D eigenvalue weighted by Crippen LogP contribution is -2.49. The van der Waals surface area contributed by atoms with Crippen LogP contribution < -0.4 is 10.4 Å². The van der Waals surface area contributed by atoms with Crippen LogP contribution in [0.4, 0.5) is 0 Å². The molecule has 0 saturated carbocycles. The van der Waals surface area contributed by atoms with E-state index in [1.165, 1.54) is 32.3 Å². The highest BCUT2D eigenvalue weighted by atomic mass is 35.5. The van der Waals surface area contributed by atoms with E-state index in [-0.39, 0.29) is 0 Å². The van der Waals surface area contributed by atoms with Crippen LogP contribution in [0, 0.1) is 0 Å². The smallest absolute Gasteiger partial charge is 0.136 e. The van der Waals surface area contributed by atoms with Crippen LogP contribution in [0.2, 0.25) is 18.1 Å². The van der Waals surface area contributed by atoms with Crippen molar-refractivity contribution in [3.8, 4) is 11.1 Å². The Kier molecular flexibility index (Phi) is 2.50. The number of halogens is 1. The Morgan fingerprint density at radius 1 is 0.870 bits per heavy atom. The first kappa shape index (κ1) is 13.4. The summed E-state index contributed by atoms with van der Waals surface area (Å²) < 4.78 is 6.07. The number of para-hydroxylation sites is 1. The zero-order valence-electron chi connectivity index (χ0n) is 13.0.